The van der Waals surface area contributed by atoms with Crippen LogP contribution in [0.5, 0.6) is 17.2 Å². The molecule has 2 aromatic rings. The number of nitrogens with zero attached hydrogens (tertiary/aromatic N) is 1. The Kier molecular flexibility index (Phi) is 6.99. The zero-order valence-corrected chi connectivity index (χ0v) is 18.2. The molecule has 2 amide bonds. The Morgan fingerprint density at radius 2 is 1.83 bits per heavy atom. The summed E-state index contributed by atoms with van der Waals surface area (Å²) >= 11 is 1.37. The molecule has 1 unspecified atom stereocenters. The number of fused-ring (bicyclic) bond motifs is 1. The predicted molar refractivity (Wildman–Crippen MR) is 113 cm³/mol. The van der Waals surface area contributed by atoms with Crippen LogP contribution in [-0.4, -0.2) is 44.9 Å². The first-order valence-electron chi connectivity index (χ1n) is 9.52. The van der Waals surface area contributed by atoms with Gasteiger partial charge in [-0.15, -0.1) is 11.3 Å². The molecule has 0 radical (unpaired) electrons. The van der Waals surface area contributed by atoms with E-state index in [1.807, 2.05) is 0 Å². The Morgan fingerprint density at radius 3 is 2.43 bits per heavy atom. The molecule has 0 saturated heterocycles. The van der Waals surface area contributed by atoms with Gasteiger partial charge < -0.3 is 24.3 Å². The van der Waals surface area contributed by atoms with Gasteiger partial charge in [0.15, 0.2) is 16.6 Å². The largest absolute Gasteiger partial charge is 0.493 e. The lowest BCUT2D eigenvalue weighted by molar-refractivity contribution is -0.148. The zero-order chi connectivity index (χ0) is 21.7. The second-order valence-corrected chi connectivity index (χ2v) is 7.66. The maximum absolute atomic E-state index is 12.5. The molecular formula is C20H25N3O6S. The number of methoxy groups -OCH3 is 3. The van der Waals surface area contributed by atoms with Crippen molar-refractivity contribution < 1.29 is 28.5 Å². The number of carbonyl (C=O) groups excluding carboxylic acids is 2. The fraction of sp³-hybridized carbons (Fsp3) is 0.450. The van der Waals surface area contributed by atoms with Crippen LogP contribution in [0.3, 0.4) is 0 Å². The highest BCUT2D eigenvalue weighted by Gasteiger charge is 2.28. The Balaban J connectivity index is 1.67. The van der Waals surface area contributed by atoms with Crippen molar-refractivity contribution in [2.24, 2.45) is 5.92 Å². The number of aryl methyl sites for hydroxylation is 1. The molecule has 1 aromatic carbocycles. The molecule has 30 heavy (non-hydrogen) atoms. The van der Waals surface area contributed by atoms with Crippen molar-refractivity contribution in [3.63, 3.8) is 0 Å². The second-order valence-electron chi connectivity index (χ2n) is 6.57. The molecule has 9 nitrogen and oxygen atoms in total. The van der Waals surface area contributed by atoms with E-state index in [1.165, 1.54) is 32.7 Å². The number of benzene rings is 1. The third-order valence-corrected chi connectivity index (χ3v) is 5.74. The smallest absolute Gasteiger partial charge is 0.325 e. The van der Waals surface area contributed by atoms with Gasteiger partial charge in [0.1, 0.15) is 0 Å². The van der Waals surface area contributed by atoms with Gasteiger partial charge >= 0.3 is 12.0 Å². The highest BCUT2D eigenvalue weighted by Crippen LogP contribution is 2.40. The maximum atomic E-state index is 12.5. The van der Waals surface area contributed by atoms with Crippen molar-refractivity contribution >= 4 is 34.2 Å². The molecule has 0 saturated carbocycles. The van der Waals surface area contributed by atoms with Crippen LogP contribution in [0.1, 0.15) is 23.9 Å². The summed E-state index contributed by atoms with van der Waals surface area (Å²) < 4.78 is 21.0. The lowest BCUT2D eigenvalue weighted by Gasteiger charge is -2.18. The lowest BCUT2D eigenvalue weighted by Crippen LogP contribution is -2.24. The van der Waals surface area contributed by atoms with Gasteiger partial charge in [0.05, 0.1) is 45.2 Å². The highest BCUT2D eigenvalue weighted by atomic mass is 32.1. The summed E-state index contributed by atoms with van der Waals surface area (Å²) in [6.07, 6.45) is 1.97. The quantitative estimate of drug-likeness (QED) is 0.641. The van der Waals surface area contributed by atoms with Gasteiger partial charge in [-0.1, -0.05) is 0 Å². The Bertz CT molecular complexity index is 904. The van der Waals surface area contributed by atoms with Gasteiger partial charge in [-0.05, 0) is 26.2 Å². The van der Waals surface area contributed by atoms with E-state index >= 15 is 0 Å². The Morgan fingerprint density at radius 1 is 1.13 bits per heavy atom. The molecule has 0 bridgehead atoms. The van der Waals surface area contributed by atoms with Crippen LogP contribution in [0.4, 0.5) is 15.6 Å². The standard InChI is InChI=1S/C20H25N3O6S/c1-5-29-18(24)11-6-7-13-16(8-11)30-20(22-13)23-19(25)21-12-9-14(26-2)17(28-4)15(10-12)27-3/h9-11H,5-8H2,1-4H3,(H2,21,22,23,25). The normalized spacial score (nSPS) is 15.0. The molecule has 1 atom stereocenters. The van der Waals surface area contributed by atoms with E-state index in [-0.39, 0.29) is 11.9 Å². The summed E-state index contributed by atoms with van der Waals surface area (Å²) in [5, 5.41) is 5.97. The van der Waals surface area contributed by atoms with Crippen molar-refractivity contribution in [3.8, 4) is 17.2 Å². The summed E-state index contributed by atoms with van der Waals surface area (Å²) in [5.41, 5.74) is 1.40. The maximum Gasteiger partial charge on any atom is 0.325 e. The van der Waals surface area contributed by atoms with Crippen molar-refractivity contribution in [1.29, 1.82) is 0 Å². The van der Waals surface area contributed by atoms with Gasteiger partial charge in [-0.3, -0.25) is 10.1 Å². The van der Waals surface area contributed by atoms with Crippen molar-refractivity contribution in [3.05, 3.63) is 22.7 Å². The van der Waals surface area contributed by atoms with Crippen molar-refractivity contribution in [1.82, 2.24) is 4.98 Å². The average molecular weight is 436 g/mol. The third-order valence-electron chi connectivity index (χ3n) is 4.70. The number of rotatable bonds is 7. The molecule has 2 N–H and O–H groups in total. The second kappa shape index (κ2) is 9.66. The third kappa shape index (κ3) is 4.76. The van der Waals surface area contributed by atoms with Gasteiger partial charge in [-0.2, -0.15) is 0 Å². The average Bonchev–Trinajstić information content (AvgIpc) is 3.14. The molecule has 1 heterocycles. The highest BCUT2D eigenvalue weighted by molar-refractivity contribution is 7.15. The first-order chi connectivity index (χ1) is 14.5. The van der Waals surface area contributed by atoms with Crippen LogP contribution in [0.25, 0.3) is 0 Å². The number of carbonyl (C=O) groups is 2. The summed E-state index contributed by atoms with van der Waals surface area (Å²) in [5.74, 6) is 0.975. The Labute approximate surface area is 178 Å². The fourth-order valence-corrected chi connectivity index (χ4v) is 4.39. The van der Waals surface area contributed by atoms with E-state index in [2.05, 4.69) is 15.6 Å². The number of hydrogen-bond donors (Lipinski definition) is 2. The molecule has 3 rings (SSSR count). The molecule has 10 heteroatoms. The first-order valence-corrected chi connectivity index (χ1v) is 10.3. The van der Waals surface area contributed by atoms with Crippen molar-refractivity contribution in [2.45, 2.75) is 26.2 Å². The van der Waals surface area contributed by atoms with Gasteiger partial charge in [0.25, 0.3) is 0 Å². The monoisotopic (exact) mass is 435 g/mol. The molecule has 162 valence electrons. The van der Waals surface area contributed by atoms with E-state index in [9.17, 15) is 9.59 Å². The van der Waals surface area contributed by atoms with Crippen LogP contribution in [0.15, 0.2) is 12.1 Å². The zero-order valence-electron chi connectivity index (χ0n) is 17.4. The first kappa shape index (κ1) is 21.7. The topological polar surface area (TPSA) is 108 Å². The fourth-order valence-electron chi connectivity index (χ4n) is 3.30. The van der Waals surface area contributed by atoms with E-state index in [1.54, 1.807) is 19.1 Å². The van der Waals surface area contributed by atoms with E-state index in [4.69, 9.17) is 18.9 Å². The predicted octanol–water partition coefficient (Wildman–Crippen LogP) is 3.48. The molecule has 0 fully saturated rings. The molecule has 1 aliphatic rings. The van der Waals surface area contributed by atoms with Crippen molar-refractivity contribution in [2.75, 3.05) is 38.6 Å². The van der Waals surface area contributed by atoms with Gasteiger partial charge in [0, 0.05) is 17.0 Å². The number of nitrogens with one attached hydrogen (secondary N) is 2. The molecule has 1 aromatic heterocycles. The summed E-state index contributed by atoms with van der Waals surface area (Å²) in [4.78, 5) is 30.0. The minimum absolute atomic E-state index is 0.154. The minimum atomic E-state index is -0.447. The number of thiazole rings is 1. The van der Waals surface area contributed by atoms with Gasteiger partial charge in [0.2, 0.25) is 5.75 Å². The van der Waals surface area contributed by atoms with Crippen LogP contribution in [0.2, 0.25) is 0 Å². The number of ether oxygens (including phenoxy) is 4. The summed E-state index contributed by atoms with van der Waals surface area (Å²) in [6, 6.07) is 2.83. The van der Waals surface area contributed by atoms with E-state index < -0.39 is 6.03 Å². The van der Waals surface area contributed by atoms with E-state index in [0.717, 1.165) is 10.6 Å². The summed E-state index contributed by atoms with van der Waals surface area (Å²) in [7, 11) is 4.52. The van der Waals surface area contributed by atoms with Crippen LogP contribution < -0.4 is 24.8 Å². The van der Waals surface area contributed by atoms with Crippen LogP contribution >= 0.6 is 11.3 Å². The number of aromatic nitrogens is 1. The number of esters is 1. The lowest BCUT2D eigenvalue weighted by atomic mass is 9.91. The van der Waals surface area contributed by atoms with E-state index in [0.29, 0.717) is 53.9 Å². The molecular weight excluding hydrogens is 410 g/mol. The van der Waals surface area contributed by atoms with Crippen LogP contribution in [-0.2, 0) is 22.4 Å². The minimum Gasteiger partial charge on any atom is -0.493 e. The van der Waals surface area contributed by atoms with Gasteiger partial charge in [-0.25, -0.2) is 9.78 Å². The number of amides is 2. The molecule has 0 aliphatic heterocycles. The number of hydrogen-bond acceptors (Lipinski definition) is 8. The SMILES string of the molecule is CCOC(=O)C1CCc2nc(NC(=O)Nc3cc(OC)c(OC)c(OC)c3)sc2C1. The molecule has 0 spiro atoms. The summed E-state index contributed by atoms with van der Waals surface area (Å²) in [6.45, 7) is 2.17. The number of urea groups is 1. The Hall–Kier alpha value is -3.01. The van der Waals surface area contributed by atoms with Crippen LogP contribution in [0, 0.1) is 5.92 Å². The molecule has 1 aliphatic carbocycles. The number of anilines is 2.